The molecule has 0 radical (unpaired) electrons. The second kappa shape index (κ2) is 6.22. The Kier molecular flexibility index (Phi) is 4.39. The van der Waals surface area contributed by atoms with E-state index in [1.54, 1.807) is 4.90 Å². The van der Waals surface area contributed by atoms with Crippen molar-refractivity contribution in [3.63, 3.8) is 0 Å². The lowest BCUT2D eigenvalue weighted by atomic mass is 10.1. The SMILES string of the molecule is O=C(O)CCc1ccc(NC(=O)N2CCCC2)cc1. The Morgan fingerprint density at radius 3 is 2.37 bits per heavy atom. The van der Waals surface area contributed by atoms with Gasteiger partial charge in [0.25, 0.3) is 0 Å². The first kappa shape index (κ1) is 13.4. The molecule has 0 saturated carbocycles. The van der Waals surface area contributed by atoms with E-state index in [2.05, 4.69) is 5.32 Å². The van der Waals surface area contributed by atoms with Crippen LogP contribution >= 0.6 is 0 Å². The van der Waals surface area contributed by atoms with E-state index in [1.165, 1.54) is 0 Å². The van der Waals surface area contributed by atoms with Crippen molar-refractivity contribution in [1.82, 2.24) is 4.90 Å². The van der Waals surface area contributed by atoms with Crippen LogP contribution in [0.25, 0.3) is 0 Å². The molecule has 0 bridgehead atoms. The van der Waals surface area contributed by atoms with E-state index < -0.39 is 5.97 Å². The monoisotopic (exact) mass is 262 g/mol. The van der Waals surface area contributed by atoms with Crippen LogP contribution in [0.4, 0.5) is 10.5 Å². The quantitative estimate of drug-likeness (QED) is 0.875. The number of hydrogen-bond acceptors (Lipinski definition) is 2. The molecule has 2 amide bonds. The average Bonchev–Trinajstić information content (AvgIpc) is 2.92. The average molecular weight is 262 g/mol. The van der Waals surface area contributed by atoms with E-state index in [0.29, 0.717) is 6.42 Å². The number of carbonyl (C=O) groups excluding carboxylic acids is 1. The molecular formula is C14H18N2O3. The minimum atomic E-state index is -0.800. The molecule has 1 aliphatic heterocycles. The fraction of sp³-hybridized carbons (Fsp3) is 0.429. The number of amides is 2. The van der Waals surface area contributed by atoms with Crippen LogP contribution in [0.3, 0.4) is 0 Å². The van der Waals surface area contributed by atoms with Crippen LogP contribution in [0, 0.1) is 0 Å². The minimum absolute atomic E-state index is 0.0595. The molecule has 2 rings (SSSR count). The van der Waals surface area contributed by atoms with Crippen LogP contribution in [0.5, 0.6) is 0 Å². The number of hydrogen-bond donors (Lipinski definition) is 2. The fourth-order valence-corrected chi connectivity index (χ4v) is 2.13. The van der Waals surface area contributed by atoms with Crippen molar-refractivity contribution in [1.29, 1.82) is 0 Å². The van der Waals surface area contributed by atoms with Crippen LogP contribution < -0.4 is 5.32 Å². The van der Waals surface area contributed by atoms with Gasteiger partial charge < -0.3 is 15.3 Å². The summed E-state index contributed by atoms with van der Waals surface area (Å²) in [6.45, 7) is 1.64. The predicted molar refractivity (Wildman–Crippen MR) is 72.2 cm³/mol. The Balaban J connectivity index is 1.87. The van der Waals surface area contributed by atoms with Gasteiger partial charge >= 0.3 is 12.0 Å². The number of rotatable bonds is 4. The number of nitrogens with one attached hydrogen (secondary N) is 1. The number of carboxylic acids is 1. The van der Waals surface area contributed by atoms with Gasteiger partial charge in [0.05, 0.1) is 0 Å². The molecule has 5 heteroatoms. The van der Waals surface area contributed by atoms with Crippen molar-refractivity contribution in [3.05, 3.63) is 29.8 Å². The van der Waals surface area contributed by atoms with Crippen molar-refractivity contribution in [3.8, 4) is 0 Å². The maximum Gasteiger partial charge on any atom is 0.321 e. The van der Waals surface area contributed by atoms with Crippen LogP contribution in [-0.4, -0.2) is 35.1 Å². The summed E-state index contributed by atoms with van der Waals surface area (Å²) >= 11 is 0. The van der Waals surface area contributed by atoms with Gasteiger partial charge in [0, 0.05) is 25.2 Å². The Labute approximate surface area is 112 Å². The zero-order valence-electron chi connectivity index (χ0n) is 10.8. The van der Waals surface area contributed by atoms with Gasteiger partial charge in [-0.1, -0.05) is 12.1 Å². The van der Waals surface area contributed by atoms with Crippen LogP contribution in [0.15, 0.2) is 24.3 Å². The van der Waals surface area contributed by atoms with E-state index >= 15 is 0 Å². The number of aryl methyl sites for hydroxylation is 1. The van der Waals surface area contributed by atoms with Crippen molar-refractivity contribution >= 4 is 17.7 Å². The molecule has 1 aliphatic rings. The molecule has 1 aromatic carbocycles. The van der Waals surface area contributed by atoms with Gasteiger partial charge in [0.15, 0.2) is 0 Å². The van der Waals surface area contributed by atoms with Gasteiger partial charge in [-0.25, -0.2) is 4.79 Å². The second-order valence-corrected chi connectivity index (χ2v) is 4.71. The Morgan fingerprint density at radius 1 is 1.16 bits per heavy atom. The minimum Gasteiger partial charge on any atom is -0.481 e. The van der Waals surface area contributed by atoms with Gasteiger partial charge in [0.2, 0.25) is 0 Å². The summed E-state index contributed by atoms with van der Waals surface area (Å²) < 4.78 is 0. The Hall–Kier alpha value is -2.04. The summed E-state index contributed by atoms with van der Waals surface area (Å²) in [6, 6.07) is 7.26. The molecule has 0 spiro atoms. The van der Waals surface area contributed by atoms with Crippen LogP contribution in [-0.2, 0) is 11.2 Å². The maximum atomic E-state index is 11.9. The molecule has 5 nitrogen and oxygen atoms in total. The van der Waals surface area contributed by atoms with E-state index in [9.17, 15) is 9.59 Å². The lowest BCUT2D eigenvalue weighted by Crippen LogP contribution is -2.32. The molecule has 0 aliphatic carbocycles. The van der Waals surface area contributed by atoms with Crippen molar-refractivity contribution in [2.45, 2.75) is 25.7 Å². The molecule has 1 heterocycles. The maximum absolute atomic E-state index is 11.9. The molecule has 1 aromatic rings. The summed E-state index contributed by atoms with van der Waals surface area (Å²) in [5.41, 5.74) is 1.71. The fourth-order valence-electron chi connectivity index (χ4n) is 2.13. The van der Waals surface area contributed by atoms with Gasteiger partial charge in [-0.15, -0.1) is 0 Å². The number of urea groups is 1. The standard InChI is InChI=1S/C14H18N2O3/c17-13(18)8-5-11-3-6-12(7-4-11)15-14(19)16-9-1-2-10-16/h3-4,6-7H,1-2,5,8-10H2,(H,15,19)(H,17,18). The van der Waals surface area contributed by atoms with Crippen LogP contribution in [0.2, 0.25) is 0 Å². The predicted octanol–water partition coefficient (Wildman–Crippen LogP) is 2.33. The Morgan fingerprint density at radius 2 is 1.79 bits per heavy atom. The smallest absolute Gasteiger partial charge is 0.321 e. The third-order valence-electron chi connectivity index (χ3n) is 3.23. The van der Waals surface area contributed by atoms with E-state index in [0.717, 1.165) is 37.2 Å². The van der Waals surface area contributed by atoms with Gasteiger partial charge in [0.1, 0.15) is 0 Å². The molecule has 1 fully saturated rings. The largest absolute Gasteiger partial charge is 0.481 e. The highest BCUT2D eigenvalue weighted by Gasteiger charge is 2.17. The third-order valence-corrected chi connectivity index (χ3v) is 3.23. The number of benzene rings is 1. The van der Waals surface area contributed by atoms with Gasteiger partial charge in [-0.05, 0) is 37.0 Å². The first-order valence-electron chi connectivity index (χ1n) is 6.52. The molecule has 0 aromatic heterocycles. The molecule has 1 saturated heterocycles. The zero-order chi connectivity index (χ0) is 13.7. The van der Waals surface area contributed by atoms with Crippen molar-refractivity contribution < 1.29 is 14.7 Å². The molecule has 19 heavy (non-hydrogen) atoms. The normalized spacial score (nSPS) is 14.4. The lowest BCUT2D eigenvalue weighted by Gasteiger charge is -2.16. The highest BCUT2D eigenvalue weighted by molar-refractivity contribution is 5.89. The summed E-state index contributed by atoms with van der Waals surface area (Å²) in [6.07, 6.45) is 2.78. The molecule has 0 unspecified atom stereocenters. The van der Waals surface area contributed by atoms with Crippen molar-refractivity contribution in [2.75, 3.05) is 18.4 Å². The number of nitrogens with zero attached hydrogens (tertiary/aromatic N) is 1. The summed E-state index contributed by atoms with van der Waals surface area (Å²) in [5.74, 6) is -0.800. The van der Waals surface area contributed by atoms with E-state index in [4.69, 9.17) is 5.11 Å². The first-order valence-corrected chi connectivity index (χ1v) is 6.52. The highest BCUT2D eigenvalue weighted by atomic mass is 16.4. The molecule has 0 atom stereocenters. The van der Waals surface area contributed by atoms with E-state index in [1.807, 2.05) is 24.3 Å². The Bertz CT molecular complexity index is 450. The first-order chi connectivity index (χ1) is 9.15. The number of aliphatic carboxylic acids is 1. The molecule has 2 N–H and O–H groups in total. The second-order valence-electron chi connectivity index (χ2n) is 4.71. The molecule has 102 valence electrons. The van der Waals surface area contributed by atoms with Gasteiger partial charge in [-0.3, -0.25) is 4.79 Å². The van der Waals surface area contributed by atoms with Gasteiger partial charge in [-0.2, -0.15) is 0 Å². The lowest BCUT2D eigenvalue weighted by molar-refractivity contribution is -0.136. The molecular weight excluding hydrogens is 244 g/mol. The number of likely N-dealkylation sites (tertiary alicyclic amines) is 1. The topological polar surface area (TPSA) is 69.6 Å². The van der Waals surface area contributed by atoms with E-state index in [-0.39, 0.29) is 12.5 Å². The number of anilines is 1. The number of carboxylic acid groups (broad SMARTS) is 1. The van der Waals surface area contributed by atoms with Crippen LogP contribution in [0.1, 0.15) is 24.8 Å². The summed E-state index contributed by atoms with van der Waals surface area (Å²) in [5, 5.41) is 11.5. The summed E-state index contributed by atoms with van der Waals surface area (Å²) in [7, 11) is 0. The van der Waals surface area contributed by atoms with Crippen molar-refractivity contribution in [2.24, 2.45) is 0 Å². The summed E-state index contributed by atoms with van der Waals surface area (Å²) in [4.78, 5) is 24.1. The number of carbonyl (C=O) groups is 2. The zero-order valence-corrected chi connectivity index (χ0v) is 10.8. The third kappa shape index (κ3) is 3.98. The highest BCUT2D eigenvalue weighted by Crippen LogP contribution is 2.14.